The number of aryl methyl sites for hydroxylation is 1. The van der Waals surface area contributed by atoms with E-state index in [0.29, 0.717) is 0 Å². The first-order valence-corrected chi connectivity index (χ1v) is 5.78. The molecule has 0 unspecified atom stereocenters. The minimum Gasteiger partial charge on any atom is -0.490 e. The highest BCUT2D eigenvalue weighted by Gasteiger charge is 2.19. The van der Waals surface area contributed by atoms with Crippen molar-refractivity contribution < 1.29 is 4.74 Å². The Bertz CT molecular complexity index is 360. The van der Waals surface area contributed by atoms with E-state index in [2.05, 4.69) is 37.8 Å². The van der Waals surface area contributed by atoms with Gasteiger partial charge in [-0.2, -0.15) is 0 Å². The fourth-order valence-corrected chi connectivity index (χ4v) is 2.30. The maximum Gasteiger partial charge on any atom is 0.142 e. The minimum absolute atomic E-state index is 0.811. The third kappa shape index (κ3) is 1.69. The number of anilines is 1. The van der Waals surface area contributed by atoms with Crippen LogP contribution in [0.1, 0.15) is 25.0 Å². The minimum atomic E-state index is 0.811. The van der Waals surface area contributed by atoms with Gasteiger partial charge in [-0.15, -0.1) is 0 Å². The molecule has 1 aromatic rings. The standard InChI is InChI=1S/C13H19NO/c1-4-11-6-7-12-13(10(11)3)14(5-2)8-9-15-12/h6-7H,4-5,8-9H2,1-3H3. The molecule has 0 spiro atoms. The molecule has 0 bridgehead atoms. The topological polar surface area (TPSA) is 12.5 Å². The number of hydrogen-bond donors (Lipinski definition) is 0. The van der Waals surface area contributed by atoms with Crippen molar-refractivity contribution in [3.8, 4) is 5.75 Å². The average molecular weight is 205 g/mol. The molecule has 1 aromatic carbocycles. The lowest BCUT2D eigenvalue weighted by molar-refractivity contribution is 0.308. The molecular weight excluding hydrogens is 186 g/mol. The molecule has 0 fully saturated rings. The Morgan fingerprint density at radius 1 is 1.33 bits per heavy atom. The third-order valence-electron chi connectivity index (χ3n) is 3.20. The van der Waals surface area contributed by atoms with E-state index in [1.165, 1.54) is 16.8 Å². The molecule has 1 aliphatic heterocycles. The fourth-order valence-electron chi connectivity index (χ4n) is 2.30. The predicted molar refractivity (Wildman–Crippen MR) is 63.9 cm³/mol. The molecule has 2 heteroatoms. The summed E-state index contributed by atoms with van der Waals surface area (Å²) in [5, 5.41) is 0. The van der Waals surface area contributed by atoms with Crippen molar-refractivity contribution in [1.29, 1.82) is 0 Å². The van der Waals surface area contributed by atoms with E-state index in [-0.39, 0.29) is 0 Å². The first-order chi connectivity index (χ1) is 7.27. The van der Waals surface area contributed by atoms with E-state index in [9.17, 15) is 0 Å². The Labute approximate surface area is 91.9 Å². The summed E-state index contributed by atoms with van der Waals surface area (Å²) in [6.07, 6.45) is 1.09. The number of benzene rings is 1. The number of likely N-dealkylation sites (N-methyl/N-ethyl adjacent to an activating group) is 1. The molecular formula is C13H19NO. The molecule has 0 aromatic heterocycles. The van der Waals surface area contributed by atoms with E-state index < -0.39 is 0 Å². The summed E-state index contributed by atoms with van der Waals surface area (Å²) >= 11 is 0. The van der Waals surface area contributed by atoms with E-state index in [1.807, 2.05) is 0 Å². The SMILES string of the molecule is CCc1ccc2c(c1C)N(CC)CCO2. The second-order valence-corrected chi connectivity index (χ2v) is 3.98. The van der Waals surface area contributed by atoms with Gasteiger partial charge in [0, 0.05) is 6.54 Å². The van der Waals surface area contributed by atoms with Crippen LogP contribution < -0.4 is 9.64 Å². The van der Waals surface area contributed by atoms with Gasteiger partial charge in [0.05, 0.1) is 12.2 Å². The highest BCUT2D eigenvalue weighted by atomic mass is 16.5. The Balaban J connectivity index is 2.51. The lowest BCUT2D eigenvalue weighted by Crippen LogP contribution is -2.33. The van der Waals surface area contributed by atoms with E-state index in [4.69, 9.17) is 4.74 Å². The highest BCUT2D eigenvalue weighted by Crippen LogP contribution is 2.36. The lowest BCUT2D eigenvalue weighted by atomic mass is 10.0. The average Bonchev–Trinajstić information content (AvgIpc) is 2.29. The van der Waals surface area contributed by atoms with E-state index >= 15 is 0 Å². The summed E-state index contributed by atoms with van der Waals surface area (Å²) < 4.78 is 5.69. The molecule has 0 saturated carbocycles. The maximum absolute atomic E-state index is 5.69. The van der Waals surface area contributed by atoms with Gasteiger partial charge in [-0.3, -0.25) is 0 Å². The number of ether oxygens (including phenoxy) is 1. The van der Waals surface area contributed by atoms with Gasteiger partial charge in [-0.05, 0) is 37.5 Å². The Morgan fingerprint density at radius 3 is 2.80 bits per heavy atom. The predicted octanol–water partition coefficient (Wildman–Crippen LogP) is 2.78. The Hall–Kier alpha value is -1.18. The molecule has 0 saturated heterocycles. The molecule has 15 heavy (non-hydrogen) atoms. The van der Waals surface area contributed by atoms with Crippen molar-refractivity contribution in [3.05, 3.63) is 23.3 Å². The van der Waals surface area contributed by atoms with Crippen molar-refractivity contribution in [2.24, 2.45) is 0 Å². The van der Waals surface area contributed by atoms with Crippen molar-refractivity contribution in [3.63, 3.8) is 0 Å². The van der Waals surface area contributed by atoms with Crippen LogP contribution in [0.25, 0.3) is 0 Å². The van der Waals surface area contributed by atoms with Crippen LogP contribution >= 0.6 is 0 Å². The summed E-state index contributed by atoms with van der Waals surface area (Å²) in [7, 11) is 0. The summed E-state index contributed by atoms with van der Waals surface area (Å²) in [6, 6.07) is 4.30. The zero-order chi connectivity index (χ0) is 10.8. The molecule has 2 nitrogen and oxygen atoms in total. The van der Waals surface area contributed by atoms with Crippen molar-refractivity contribution in [1.82, 2.24) is 0 Å². The monoisotopic (exact) mass is 205 g/mol. The molecule has 0 radical (unpaired) electrons. The molecule has 0 aliphatic carbocycles. The normalized spacial score (nSPS) is 14.7. The smallest absolute Gasteiger partial charge is 0.142 e. The third-order valence-corrected chi connectivity index (χ3v) is 3.20. The van der Waals surface area contributed by atoms with Crippen LogP contribution in [0.15, 0.2) is 12.1 Å². The summed E-state index contributed by atoms with van der Waals surface area (Å²) in [4.78, 5) is 2.41. The van der Waals surface area contributed by atoms with Crippen LogP contribution in [-0.2, 0) is 6.42 Å². The van der Waals surface area contributed by atoms with Crippen LogP contribution in [0.5, 0.6) is 5.75 Å². The summed E-state index contributed by atoms with van der Waals surface area (Å²) in [6.45, 7) is 9.49. The molecule has 0 amide bonds. The summed E-state index contributed by atoms with van der Waals surface area (Å²) in [5.74, 6) is 1.05. The van der Waals surface area contributed by atoms with Gasteiger partial charge in [0.15, 0.2) is 0 Å². The van der Waals surface area contributed by atoms with Gasteiger partial charge >= 0.3 is 0 Å². The van der Waals surface area contributed by atoms with Gasteiger partial charge in [0.1, 0.15) is 12.4 Å². The molecule has 2 rings (SSSR count). The van der Waals surface area contributed by atoms with Gasteiger partial charge in [-0.1, -0.05) is 13.0 Å². The fraction of sp³-hybridized carbons (Fsp3) is 0.538. The maximum atomic E-state index is 5.69. The number of hydrogen-bond acceptors (Lipinski definition) is 2. The Morgan fingerprint density at radius 2 is 2.13 bits per heavy atom. The van der Waals surface area contributed by atoms with Crippen LogP contribution in [0.3, 0.4) is 0 Å². The largest absolute Gasteiger partial charge is 0.490 e. The van der Waals surface area contributed by atoms with Crippen LogP contribution in [0.2, 0.25) is 0 Å². The molecule has 1 aliphatic rings. The van der Waals surface area contributed by atoms with Gasteiger partial charge in [-0.25, -0.2) is 0 Å². The first kappa shape index (κ1) is 10.3. The van der Waals surface area contributed by atoms with Crippen molar-refractivity contribution in [2.75, 3.05) is 24.6 Å². The van der Waals surface area contributed by atoms with Crippen LogP contribution in [-0.4, -0.2) is 19.7 Å². The number of rotatable bonds is 2. The van der Waals surface area contributed by atoms with E-state index in [0.717, 1.165) is 31.9 Å². The van der Waals surface area contributed by atoms with Gasteiger partial charge < -0.3 is 9.64 Å². The summed E-state index contributed by atoms with van der Waals surface area (Å²) in [5.41, 5.74) is 4.12. The van der Waals surface area contributed by atoms with Gasteiger partial charge in [0.25, 0.3) is 0 Å². The molecule has 0 atom stereocenters. The van der Waals surface area contributed by atoms with Crippen LogP contribution in [0, 0.1) is 6.92 Å². The zero-order valence-corrected chi connectivity index (χ0v) is 9.84. The number of fused-ring (bicyclic) bond motifs is 1. The lowest BCUT2D eigenvalue weighted by Gasteiger charge is -2.32. The van der Waals surface area contributed by atoms with E-state index in [1.54, 1.807) is 0 Å². The quantitative estimate of drug-likeness (QED) is 0.736. The Kier molecular flexibility index (Phi) is 2.85. The first-order valence-electron chi connectivity index (χ1n) is 5.78. The number of nitrogens with zero attached hydrogens (tertiary/aromatic N) is 1. The second-order valence-electron chi connectivity index (χ2n) is 3.98. The molecule has 1 heterocycles. The molecule has 0 N–H and O–H groups in total. The van der Waals surface area contributed by atoms with Crippen molar-refractivity contribution in [2.45, 2.75) is 27.2 Å². The van der Waals surface area contributed by atoms with Crippen molar-refractivity contribution >= 4 is 5.69 Å². The second kappa shape index (κ2) is 4.13. The highest BCUT2D eigenvalue weighted by molar-refractivity contribution is 5.66. The van der Waals surface area contributed by atoms with Crippen LogP contribution in [0.4, 0.5) is 5.69 Å². The zero-order valence-electron chi connectivity index (χ0n) is 9.84. The van der Waals surface area contributed by atoms with Gasteiger partial charge in [0.2, 0.25) is 0 Å². The molecule has 82 valence electrons.